The molecular formula is C15H21ClN2O2. The second kappa shape index (κ2) is 7.50. The average Bonchev–Trinajstić information content (AvgIpc) is 2.48. The first-order valence-corrected chi connectivity index (χ1v) is 7.48. The number of benzene rings is 1. The molecule has 1 amide bonds. The van der Waals surface area contributed by atoms with Gasteiger partial charge in [0.05, 0.1) is 12.2 Å². The van der Waals surface area contributed by atoms with Crippen LogP contribution in [0.5, 0.6) is 0 Å². The van der Waals surface area contributed by atoms with Crippen molar-refractivity contribution in [2.75, 3.05) is 31.6 Å². The number of hydrogen-bond donors (Lipinski definition) is 2. The molecule has 110 valence electrons. The second-order valence-electron chi connectivity index (χ2n) is 5.01. The highest BCUT2D eigenvalue weighted by Crippen LogP contribution is 2.21. The molecule has 2 rings (SSSR count). The van der Waals surface area contributed by atoms with Crippen LogP contribution in [-0.2, 0) is 4.74 Å². The van der Waals surface area contributed by atoms with Gasteiger partial charge >= 0.3 is 0 Å². The first-order chi connectivity index (χ1) is 9.70. The van der Waals surface area contributed by atoms with E-state index in [-0.39, 0.29) is 5.91 Å². The molecule has 0 aromatic heterocycles. The minimum atomic E-state index is -0.0889. The largest absolute Gasteiger partial charge is 0.385 e. The molecule has 1 atom stereocenters. The van der Waals surface area contributed by atoms with E-state index in [1.807, 2.05) is 13.0 Å². The quantitative estimate of drug-likeness (QED) is 0.878. The SMILES string of the molecule is CCNc1ccc(Cl)cc1C(=O)NCC1CCCOC1. The van der Waals surface area contributed by atoms with Crippen molar-refractivity contribution >= 4 is 23.2 Å². The molecule has 1 fully saturated rings. The Balaban J connectivity index is 1.98. The number of rotatable bonds is 5. The van der Waals surface area contributed by atoms with E-state index in [0.717, 1.165) is 38.3 Å². The monoisotopic (exact) mass is 296 g/mol. The Morgan fingerprint density at radius 3 is 3.05 bits per heavy atom. The zero-order valence-corrected chi connectivity index (χ0v) is 12.5. The highest BCUT2D eigenvalue weighted by molar-refractivity contribution is 6.31. The summed E-state index contributed by atoms with van der Waals surface area (Å²) in [5.41, 5.74) is 1.41. The van der Waals surface area contributed by atoms with E-state index in [1.54, 1.807) is 12.1 Å². The van der Waals surface area contributed by atoms with Gasteiger partial charge in [-0.1, -0.05) is 11.6 Å². The van der Waals surface area contributed by atoms with Crippen molar-refractivity contribution in [1.82, 2.24) is 5.32 Å². The van der Waals surface area contributed by atoms with Crippen LogP contribution in [0.25, 0.3) is 0 Å². The van der Waals surface area contributed by atoms with Gasteiger partial charge in [-0.25, -0.2) is 0 Å². The Morgan fingerprint density at radius 2 is 2.35 bits per heavy atom. The Kier molecular flexibility index (Phi) is 5.68. The van der Waals surface area contributed by atoms with Gasteiger partial charge in [-0.15, -0.1) is 0 Å². The van der Waals surface area contributed by atoms with Crippen molar-refractivity contribution in [3.63, 3.8) is 0 Å². The third-order valence-electron chi connectivity index (χ3n) is 3.40. The fourth-order valence-corrected chi connectivity index (χ4v) is 2.52. The molecule has 1 heterocycles. The van der Waals surface area contributed by atoms with Crippen molar-refractivity contribution in [3.8, 4) is 0 Å². The lowest BCUT2D eigenvalue weighted by Crippen LogP contribution is -2.33. The molecule has 0 spiro atoms. The van der Waals surface area contributed by atoms with Crippen molar-refractivity contribution in [1.29, 1.82) is 0 Å². The van der Waals surface area contributed by atoms with Gasteiger partial charge in [0.2, 0.25) is 0 Å². The van der Waals surface area contributed by atoms with Crippen molar-refractivity contribution in [2.45, 2.75) is 19.8 Å². The molecule has 0 aliphatic carbocycles. The second-order valence-corrected chi connectivity index (χ2v) is 5.45. The third kappa shape index (κ3) is 4.12. The topological polar surface area (TPSA) is 50.4 Å². The molecule has 1 unspecified atom stereocenters. The summed E-state index contributed by atoms with van der Waals surface area (Å²) < 4.78 is 5.42. The van der Waals surface area contributed by atoms with E-state index < -0.39 is 0 Å². The smallest absolute Gasteiger partial charge is 0.253 e. The number of carbonyl (C=O) groups excluding carboxylic acids is 1. The van der Waals surface area contributed by atoms with Crippen LogP contribution in [0, 0.1) is 5.92 Å². The van der Waals surface area contributed by atoms with Gasteiger partial charge < -0.3 is 15.4 Å². The summed E-state index contributed by atoms with van der Waals surface area (Å²) >= 11 is 5.98. The fourth-order valence-electron chi connectivity index (χ4n) is 2.35. The molecule has 1 aromatic rings. The maximum atomic E-state index is 12.3. The Morgan fingerprint density at radius 1 is 1.50 bits per heavy atom. The lowest BCUT2D eigenvalue weighted by molar-refractivity contribution is 0.0536. The van der Waals surface area contributed by atoms with Crippen LogP contribution < -0.4 is 10.6 Å². The highest BCUT2D eigenvalue weighted by atomic mass is 35.5. The number of carbonyl (C=O) groups is 1. The minimum Gasteiger partial charge on any atom is -0.385 e. The number of ether oxygens (including phenoxy) is 1. The molecule has 0 bridgehead atoms. The number of halogens is 1. The molecule has 4 nitrogen and oxygen atoms in total. The lowest BCUT2D eigenvalue weighted by Gasteiger charge is -2.22. The van der Waals surface area contributed by atoms with Crippen molar-refractivity contribution < 1.29 is 9.53 Å². The molecule has 1 saturated heterocycles. The zero-order valence-electron chi connectivity index (χ0n) is 11.7. The van der Waals surface area contributed by atoms with Crippen LogP contribution in [0.2, 0.25) is 5.02 Å². The first kappa shape index (κ1) is 15.1. The van der Waals surface area contributed by atoms with Gasteiger partial charge in [0.15, 0.2) is 0 Å². The summed E-state index contributed by atoms with van der Waals surface area (Å²) in [6.45, 7) is 4.98. The Hall–Kier alpha value is -1.26. The molecule has 5 heteroatoms. The molecule has 2 N–H and O–H groups in total. The molecule has 0 radical (unpaired) electrons. The number of hydrogen-bond acceptors (Lipinski definition) is 3. The molecule has 1 aromatic carbocycles. The predicted octanol–water partition coefficient (Wildman–Crippen LogP) is 2.93. The Labute approximate surface area is 124 Å². The predicted molar refractivity (Wildman–Crippen MR) is 81.5 cm³/mol. The van der Waals surface area contributed by atoms with Crippen LogP contribution in [0.15, 0.2) is 18.2 Å². The third-order valence-corrected chi connectivity index (χ3v) is 3.63. The van der Waals surface area contributed by atoms with Gasteiger partial charge in [0.1, 0.15) is 0 Å². The highest BCUT2D eigenvalue weighted by Gasteiger charge is 2.17. The van der Waals surface area contributed by atoms with Crippen LogP contribution in [0.1, 0.15) is 30.1 Å². The normalized spacial score (nSPS) is 18.6. The van der Waals surface area contributed by atoms with Gasteiger partial charge in [-0.05, 0) is 43.9 Å². The van der Waals surface area contributed by atoms with E-state index in [0.29, 0.717) is 23.0 Å². The molecule has 1 aliphatic heterocycles. The standard InChI is InChI=1S/C15H21ClN2O2/c1-2-17-14-6-5-12(16)8-13(14)15(19)18-9-11-4-3-7-20-10-11/h5-6,8,11,17H,2-4,7,9-10H2,1H3,(H,18,19). The van der Waals surface area contributed by atoms with Crippen LogP contribution in [0.3, 0.4) is 0 Å². The van der Waals surface area contributed by atoms with E-state index in [9.17, 15) is 4.79 Å². The van der Waals surface area contributed by atoms with Gasteiger partial charge in [0.25, 0.3) is 5.91 Å². The molecule has 1 aliphatic rings. The maximum absolute atomic E-state index is 12.3. The van der Waals surface area contributed by atoms with Crippen molar-refractivity contribution in [3.05, 3.63) is 28.8 Å². The molecule has 0 saturated carbocycles. The fraction of sp³-hybridized carbons (Fsp3) is 0.533. The van der Waals surface area contributed by atoms with E-state index in [4.69, 9.17) is 16.3 Å². The van der Waals surface area contributed by atoms with E-state index in [1.165, 1.54) is 0 Å². The van der Waals surface area contributed by atoms with Gasteiger partial charge in [-0.2, -0.15) is 0 Å². The van der Waals surface area contributed by atoms with Crippen molar-refractivity contribution in [2.24, 2.45) is 5.92 Å². The summed E-state index contributed by atoms with van der Waals surface area (Å²) in [7, 11) is 0. The maximum Gasteiger partial charge on any atom is 0.253 e. The van der Waals surface area contributed by atoms with E-state index >= 15 is 0 Å². The Bertz CT molecular complexity index is 459. The summed E-state index contributed by atoms with van der Waals surface area (Å²) in [5, 5.41) is 6.72. The van der Waals surface area contributed by atoms with E-state index in [2.05, 4.69) is 10.6 Å². The van der Waals surface area contributed by atoms with Gasteiger partial charge in [-0.3, -0.25) is 4.79 Å². The van der Waals surface area contributed by atoms with Crippen LogP contribution in [0.4, 0.5) is 5.69 Å². The summed E-state index contributed by atoms with van der Waals surface area (Å²) in [6.07, 6.45) is 2.18. The van der Waals surface area contributed by atoms with Crippen LogP contribution >= 0.6 is 11.6 Å². The number of amides is 1. The minimum absolute atomic E-state index is 0.0889. The zero-order chi connectivity index (χ0) is 14.4. The molecule has 20 heavy (non-hydrogen) atoms. The van der Waals surface area contributed by atoms with Crippen LogP contribution in [-0.4, -0.2) is 32.2 Å². The summed E-state index contributed by atoms with van der Waals surface area (Å²) in [5.74, 6) is 0.323. The summed E-state index contributed by atoms with van der Waals surface area (Å²) in [4.78, 5) is 12.3. The lowest BCUT2D eigenvalue weighted by atomic mass is 10.0. The number of anilines is 1. The molecular weight excluding hydrogens is 276 g/mol. The average molecular weight is 297 g/mol. The first-order valence-electron chi connectivity index (χ1n) is 7.10. The van der Waals surface area contributed by atoms with Gasteiger partial charge in [0, 0.05) is 30.4 Å². The summed E-state index contributed by atoms with van der Waals surface area (Å²) in [6, 6.07) is 5.32. The number of nitrogens with one attached hydrogen (secondary N) is 2.